The van der Waals surface area contributed by atoms with E-state index in [0.717, 1.165) is 38.2 Å². The highest BCUT2D eigenvalue weighted by Gasteiger charge is 2.27. The number of rotatable bonds is 4. The fourth-order valence-corrected chi connectivity index (χ4v) is 3.88. The Balaban J connectivity index is 1.49. The maximum absolute atomic E-state index is 12.5. The largest absolute Gasteiger partial charge is 0.397 e. The fraction of sp³-hybridized carbons (Fsp3) is 0.667. The minimum Gasteiger partial charge on any atom is -0.397 e. The van der Waals surface area contributed by atoms with Crippen molar-refractivity contribution in [2.45, 2.75) is 51.0 Å². The standard InChI is InChI=1S/C18H28N4O/c1-21(18(23)12-14-4-2-3-5-14)16-8-10-22(11-9-16)17-7-6-15(19)13-20-17/h6-7,13-14,16H,2-5,8-12,19H2,1H3. The molecule has 126 valence electrons. The molecule has 1 saturated carbocycles. The monoisotopic (exact) mass is 316 g/mol. The van der Waals surface area contributed by atoms with Crippen LogP contribution in [-0.2, 0) is 4.79 Å². The van der Waals surface area contributed by atoms with Crippen LogP contribution in [0.25, 0.3) is 0 Å². The Kier molecular flexibility index (Phi) is 5.03. The van der Waals surface area contributed by atoms with Crippen LogP contribution in [0, 0.1) is 5.92 Å². The summed E-state index contributed by atoms with van der Waals surface area (Å²) < 4.78 is 0. The first kappa shape index (κ1) is 16.1. The Morgan fingerprint density at radius 3 is 2.57 bits per heavy atom. The normalized spacial score (nSPS) is 20.0. The average Bonchev–Trinajstić information content (AvgIpc) is 3.08. The summed E-state index contributed by atoms with van der Waals surface area (Å²) in [7, 11) is 1.99. The summed E-state index contributed by atoms with van der Waals surface area (Å²) in [6.07, 6.45) is 9.55. The van der Waals surface area contributed by atoms with Gasteiger partial charge in [-0.1, -0.05) is 12.8 Å². The zero-order chi connectivity index (χ0) is 16.2. The van der Waals surface area contributed by atoms with Gasteiger partial charge in [0.1, 0.15) is 5.82 Å². The predicted molar refractivity (Wildman–Crippen MR) is 93.2 cm³/mol. The van der Waals surface area contributed by atoms with E-state index in [1.807, 2.05) is 24.1 Å². The Bertz CT molecular complexity index is 516. The van der Waals surface area contributed by atoms with E-state index < -0.39 is 0 Å². The van der Waals surface area contributed by atoms with E-state index in [1.54, 1.807) is 6.20 Å². The molecule has 2 heterocycles. The smallest absolute Gasteiger partial charge is 0.222 e. The molecule has 1 amide bonds. The molecule has 2 N–H and O–H groups in total. The Morgan fingerprint density at radius 2 is 1.96 bits per heavy atom. The fourth-order valence-electron chi connectivity index (χ4n) is 3.88. The zero-order valence-electron chi connectivity index (χ0n) is 14.1. The lowest BCUT2D eigenvalue weighted by atomic mass is 10.00. The lowest BCUT2D eigenvalue weighted by molar-refractivity contribution is -0.133. The molecular weight excluding hydrogens is 288 g/mol. The van der Waals surface area contributed by atoms with Gasteiger partial charge in [-0.05, 0) is 43.7 Å². The summed E-state index contributed by atoms with van der Waals surface area (Å²) in [5.41, 5.74) is 6.39. The van der Waals surface area contributed by atoms with Gasteiger partial charge < -0.3 is 15.5 Å². The third kappa shape index (κ3) is 3.95. The maximum atomic E-state index is 12.5. The van der Waals surface area contributed by atoms with Crippen LogP contribution in [0.4, 0.5) is 11.5 Å². The van der Waals surface area contributed by atoms with Crippen molar-refractivity contribution in [3.8, 4) is 0 Å². The molecule has 2 aliphatic rings. The maximum Gasteiger partial charge on any atom is 0.222 e. The molecule has 5 nitrogen and oxygen atoms in total. The number of hydrogen-bond donors (Lipinski definition) is 1. The highest BCUT2D eigenvalue weighted by atomic mass is 16.2. The lowest BCUT2D eigenvalue weighted by Crippen LogP contribution is -2.46. The van der Waals surface area contributed by atoms with Gasteiger partial charge in [0.15, 0.2) is 0 Å². The van der Waals surface area contributed by atoms with E-state index in [2.05, 4.69) is 9.88 Å². The highest BCUT2D eigenvalue weighted by molar-refractivity contribution is 5.76. The first-order valence-corrected chi connectivity index (χ1v) is 8.85. The van der Waals surface area contributed by atoms with Crippen LogP contribution in [0.3, 0.4) is 0 Å². The molecule has 2 fully saturated rings. The van der Waals surface area contributed by atoms with Crippen molar-refractivity contribution in [1.82, 2.24) is 9.88 Å². The third-order valence-corrected chi connectivity index (χ3v) is 5.44. The Hall–Kier alpha value is -1.78. The topological polar surface area (TPSA) is 62.5 Å². The van der Waals surface area contributed by atoms with E-state index in [0.29, 0.717) is 23.6 Å². The molecule has 1 saturated heterocycles. The summed E-state index contributed by atoms with van der Waals surface area (Å²) in [5.74, 6) is 1.95. The number of nitrogens with two attached hydrogens (primary N) is 1. The SMILES string of the molecule is CN(C(=O)CC1CCCC1)C1CCN(c2ccc(N)cn2)CC1. The van der Waals surface area contributed by atoms with Crippen molar-refractivity contribution in [2.24, 2.45) is 5.92 Å². The number of piperidine rings is 1. The number of anilines is 2. The van der Waals surface area contributed by atoms with E-state index in [9.17, 15) is 4.79 Å². The number of carbonyl (C=O) groups excluding carboxylic acids is 1. The van der Waals surface area contributed by atoms with Crippen LogP contribution in [0.2, 0.25) is 0 Å². The number of hydrogen-bond acceptors (Lipinski definition) is 4. The molecule has 1 aromatic rings. The van der Waals surface area contributed by atoms with Gasteiger partial charge >= 0.3 is 0 Å². The molecule has 1 aliphatic carbocycles. The van der Waals surface area contributed by atoms with Crippen LogP contribution < -0.4 is 10.6 Å². The molecule has 0 bridgehead atoms. The van der Waals surface area contributed by atoms with Gasteiger partial charge in [-0.2, -0.15) is 0 Å². The van der Waals surface area contributed by atoms with Gasteiger partial charge in [0.05, 0.1) is 11.9 Å². The van der Waals surface area contributed by atoms with Crippen LogP contribution in [0.15, 0.2) is 18.3 Å². The summed E-state index contributed by atoms with van der Waals surface area (Å²) in [6.45, 7) is 1.89. The number of amides is 1. The summed E-state index contributed by atoms with van der Waals surface area (Å²) >= 11 is 0. The Morgan fingerprint density at radius 1 is 1.26 bits per heavy atom. The number of carbonyl (C=O) groups is 1. The molecule has 0 spiro atoms. The quantitative estimate of drug-likeness (QED) is 0.927. The summed E-state index contributed by atoms with van der Waals surface area (Å²) in [5, 5.41) is 0. The molecule has 1 aromatic heterocycles. The van der Waals surface area contributed by atoms with Crippen LogP contribution in [-0.4, -0.2) is 42.0 Å². The van der Waals surface area contributed by atoms with Crippen molar-refractivity contribution < 1.29 is 4.79 Å². The third-order valence-electron chi connectivity index (χ3n) is 5.44. The number of nitrogen functional groups attached to an aromatic ring is 1. The number of pyridine rings is 1. The van der Waals surface area contributed by atoms with Gasteiger partial charge in [0, 0.05) is 32.6 Å². The first-order valence-electron chi connectivity index (χ1n) is 8.85. The van der Waals surface area contributed by atoms with Crippen molar-refractivity contribution in [2.75, 3.05) is 30.8 Å². The molecule has 3 rings (SSSR count). The number of aromatic nitrogens is 1. The van der Waals surface area contributed by atoms with Gasteiger partial charge in [0.2, 0.25) is 5.91 Å². The van der Waals surface area contributed by atoms with Gasteiger partial charge in [0.25, 0.3) is 0 Å². The molecule has 1 aliphatic heterocycles. The van der Waals surface area contributed by atoms with Crippen LogP contribution >= 0.6 is 0 Å². The van der Waals surface area contributed by atoms with E-state index in [1.165, 1.54) is 25.7 Å². The van der Waals surface area contributed by atoms with Crippen molar-refractivity contribution in [3.63, 3.8) is 0 Å². The second kappa shape index (κ2) is 7.20. The predicted octanol–water partition coefficient (Wildman–Crippen LogP) is 2.67. The lowest BCUT2D eigenvalue weighted by Gasteiger charge is -2.37. The van der Waals surface area contributed by atoms with E-state index in [4.69, 9.17) is 5.73 Å². The van der Waals surface area contributed by atoms with E-state index >= 15 is 0 Å². The minimum absolute atomic E-state index is 0.334. The van der Waals surface area contributed by atoms with Crippen molar-refractivity contribution in [3.05, 3.63) is 18.3 Å². The molecule has 23 heavy (non-hydrogen) atoms. The van der Waals surface area contributed by atoms with E-state index in [-0.39, 0.29) is 0 Å². The zero-order valence-corrected chi connectivity index (χ0v) is 14.1. The molecule has 0 unspecified atom stereocenters. The van der Waals surface area contributed by atoms with Crippen LogP contribution in [0.1, 0.15) is 44.9 Å². The molecule has 0 atom stereocenters. The van der Waals surface area contributed by atoms with Crippen molar-refractivity contribution >= 4 is 17.4 Å². The minimum atomic E-state index is 0.334. The molecular formula is C18H28N4O. The van der Waals surface area contributed by atoms with Gasteiger partial charge in [-0.3, -0.25) is 4.79 Å². The van der Waals surface area contributed by atoms with Gasteiger partial charge in [-0.15, -0.1) is 0 Å². The highest BCUT2D eigenvalue weighted by Crippen LogP contribution is 2.29. The van der Waals surface area contributed by atoms with Crippen molar-refractivity contribution in [1.29, 1.82) is 0 Å². The Labute approximate surface area is 138 Å². The molecule has 0 radical (unpaired) electrons. The molecule has 0 aromatic carbocycles. The summed E-state index contributed by atoms with van der Waals surface area (Å²) in [4.78, 5) is 21.2. The second-order valence-corrected chi connectivity index (χ2v) is 7.03. The van der Waals surface area contributed by atoms with Gasteiger partial charge in [-0.25, -0.2) is 4.98 Å². The van der Waals surface area contributed by atoms with Crippen LogP contribution in [0.5, 0.6) is 0 Å². The molecule has 5 heteroatoms. The average molecular weight is 316 g/mol. The summed E-state index contributed by atoms with van der Waals surface area (Å²) in [6, 6.07) is 4.24. The first-order chi connectivity index (χ1) is 11.1. The number of nitrogens with zero attached hydrogens (tertiary/aromatic N) is 3. The second-order valence-electron chi connectivity index (χ2n) is 7.03.